The lowest BCUT2D eigenvalue weighted by atomic mass is 10.1. The molecule has 0 aliphatic heterocycles. The van der Waals surface area contributed by atoms with Crippen LogP contribution in [0.3, 0.4) is 0 Å². The maximum Gasteiger partial charge on any atom is 0.242 e. The van der Waals surface area contributed by atoms with E-state index in [0.29, 0.717) is 5.56 Å². The fraction of sp³-hybridized carbons (Fsp3) is 0.154. The van der Waals surface area contributed by atoms with E-state index in [1.807, 2.05) is 0 Å². The highest BCUT2D eigenvalue weighted by Gasteiger charge is 2.16. The van der Waals surface area contributed by atoms with Crippen molar-refractivity contribution in [1.82, 2.24) is 9.71 Å². The standard InChI is InChI=1S/C13H13F2N3O2S/c14-11-4-12(8-17-7-11)21(19,20)18-6-10-2-1-9(5-16)3-13(10)15/h1-4,7-8,18H,5-6,16H2. The topological polar surface area (TPSA) is 85.1 Å². The minimum absolute atomic E-state index is 0.167. The van der Waals surface area contributed by atoms with Gasteiger partial charge in [0, 0.05) is 24.8 Å². The van der Waals surface area contributed by atoms with Crippen LogP contribution in [0.15, 0.2) is 41.6 Å². The van der Waals surface area contributed by atoms with E-state index in [0.717, 1.165) is 18.5 Å². The Bertz CT molecular complexity index is 751. The smallest absolute Gasteiger partial charge is 0.242 e. The number of nitrogens with one attached hydrogen (secondary N) is 1. The fourth-order valence-electron chi connectivity index (χ4n) is 1.66. The van der Waals surface area contributed by atoms with Gasteiger partial charge in [-0.1, -0.05) is 12.1 Å². The Kier molecular flexibility index (Phi) is 4.61. The zero-order valence-corrected chi connectivity index (χ0v) is 11.7. The van der Waals surface area contributed by atoms with Gasteiger partial charge >= 0.3 is 0 Å². The Labute approximate surface area is 120 Å². The van der Waals surface area contributed by atoms with Crippen LogP contribution in [0.5, 0.6) is 0 Å². The van der Waals surface area contributed by atoms with Crippen LogP contribution in [0.2, 0.25) is 0 Å². The molecule has 0 spiro atoms. The second-order valence-electron chi connectivity index (χ2n) is 4.29. The van der Waals surface area contributed by atoms with Crippen LogP contribution in [-0.4, -0.2) is 13.4 Å². The van der Waals surface area contributed by atoms with E-state index in [2.05, 4.69) is 9.71 Å². The highest BCUT2D eigenvalue weighted by Crippen LogP contribution is 2.13. The lowest BCUT2D eigenvalue weighted by Crippen LogP contribution is -2.24. The molecule has 0 aliphatic rings. The van der Waals surface area contributed by atoms with Crippen LogP contribution in [0.1, 0.15) is 11.1 Å². The molecule has 21 heavy (non-hydrogen) atoms. The molecule has 0 atom stereocenters. The Hall–Kier alpha value is -1.90. The zero-order valence-electron chi connectivity index (χ0n) is 10.9. The highest BCUT2D eigenvalue weighted by molar-refractivity contribution is 7.89. The first-order valence-electron chi connectivity index (χ1n) is 6.00. The Balaban J connectivity index is 2.15. The lowest BCUT2D eigenvalue weighted by Gasteiger charge is -2.08. The number of pyridine rings is 1. The molecule has 0 radical (unpaired) electrons. The van der Waals surface area contributed by atoms with Gasteiger partial charge < -0.3 is 5.73 Å². The summed E-state index contributed by atoms with van der Waals surface area (Å²) in [6, 6.07) is 5.14. The highest BCUT2D eigenvalue weighted by atomic mass is 32.2. The molecular weight excluding hydrogens is 300 g/mol. The molecule has 1 heterocycles. The predicted molar refractivity (Wildman–Crippen MR) is 72.5 cm³/mol. The Morgan fingerprint density at radius 3 is 2.57 bits per heavy atom. The van der Waals surface area contributed by atoms with Gasteiger partial charge in [-0.25, -0.2) is 21.9 Å². The largest absolute Gasteiger partial charge is 0.326 e. The molecule has 0 saturated heterocycles. The summed E-state index contributed by atoms with van der Waals surface area (Å²) in [6.45, 7) is -0.0621. The van der Waals surface area contributed by atoms with Gasteiger partial charge in [-0.2, -0.15) is 0 Å². The summed E-state index contributed by atoms with van der Waals surface area (Å²) in [5.74, 6) is -1.32. The van der Waals surface area contributed by atoms with Crippen LogP contribution >= 0.6 is 0 Å². The van der Waals surface area contributed by atoms with E-state index >= 15 is 0 Å². The molecule has 112 valence electrons. The molecule has 0 aliphatic carbocycles. The molecule has 8 heteroatoms. The molecule has 1 aromatic carbocycles. The van der Waals surface area contributed by atoms with Gasteiger partial charge in [-0.05, 0) is 17.7 Å². The summed E-state index contributed by atoms with van der Waals surface area (Å²) in [7, 11) is -3.96. The van der Waals surface area contributed by atoms with Crippen molar-refractivity contribution in [3.8, 4) is 0 Å². The van der Waals surface area contributed by atoms with E-state index in [1.54, 1.807) is 6.07 Å². The monoisotopic (exact) mass is 313 g/mol. The van der Waals surface area contributed by atoms with E-state index in [-0.39, 0.29) is 23.5 Å². The first kappa shape index (κ1) is 15.5. The van der Waals surface area contributed by atoms with Crippen molar-refractivity contribution in [3.05, 3.63) is 59.4 Å². The molecule has 3 N–H and O–H groups in total. The lowest BCUT2D eigenvalue weighted by molar-refractivity contribution is 0.569. The molecular formula is C13H13F2N3O2S. The van der Waals surface area contributed by atoms with Crippen LogP contribution in [0, 0.1) is 11.6 Å². The van der Waals surface area contributed by atoms with Gasteiger partial charge in [-0.3, -0.25) is 4.98 Å². The van der Waals surface area contributed by atoms with Crippen molar-refractivity contribution < 1.29 is 17.2 Å². The van der Waals surface area contributed by atoms with E-state index in [4.69, 9.17) is 5.73 Å². The molecule has 0 bridgehead atoms. The number of aromatic nitrogens is 1. The third-order valence-corrected chi connectivity index (χ3v) is 4.16. The number of halogens is 2. The third kappa shape index (κ3) is 3.81. The van der Waals surface area contributed by atoms with Gasteiger partial charge in [0.1, 0.15) is 16.5 Å². The predicted octanol–water partition coefficient (Wildman–Crippen LogP) is 1.30. The summed E-state index contributed by atoms with van der Waals surface area (Å²) in [5, 5.41) is 0. The number of hydrogen-bond donors (Lipinski definition) is 2. The van der Waals surface area contributed by atoms with E-state index in [1.165, 1.54) is 12.1 Å². The second-order valence-corrected chi connectivity index (χ2v) is 6.06. The maximum atomic E-state index is 13.7. The van der Waals surface area contributed by atoms with Crippen molar-refractivity contribution in [2.45, 2.75) is 18.0 Å². The average molecular weight is 313 g/mol. The summed E-state index contributed by atoms with van der Waals surface area (Å²) < 4.78 is 52.8. The van der Waals surface area contributed by atoms with Gasteiger partial charge in [0.15, 0.2) is 0 Å². The molecule has 0 unspecified atom stereocenters. The molecule has 2 aromatic rings. The number of benzene rings is 1. The zero-order chi connectivity index (χ0) is 15.5. The van der Waals surface area contributed by atoms with E-state index < -0.39 is 21.7 Å². The van der Waals surface area contributed by atoms with Gasteiger partial charge in [0.2, 0.25) is 10.0 Å². The quantitative estimate of drug-likeness (QED) is 0.871. The SMILES string of the molecule is NCc1ccc(CNS(=O)(=O)c2cncc(F)c2)c(F)c1. The normalized spacial score (nSPS) is 11.6. The average Bonchev–Trinajstić information content (AvgIpc) is 2.46. The number of sulfonamides is 1. The van der Waals surface area contributed by atoms with Gasteiger partial charge in [0.05, 0.1) is 6.20 Å². The molecule has 0 fully saturated rings. The van der Waals surface area contributed by atoms with Crippen molar-refractivity contribution in [2.24, 2.45) is 5.73 Å². The van der Waals surface area contributed by atoms with Crippen LogP contribution < -0.4 is 10.5 Å². The summed E-state index contributed by atoms with van der Waals surface area (Å²) in [5.41, 5.74) is 6.15. The minimum atomic E-state index is -3.96. The summed E-state index contributed by atoms with van der Waals surface area (Å²) in [6.07, 6.45) is 1.91. The van der Waals surface area contributed by atoms with Gasteiger partial charge in [0.25, 0.3) is 0 Å². The number of nitrogens with two attached hydrogens (primary N) is 1. The Morgan fingerprint density at radius 1 is 1.19 bits per heavy atom. The molecule has 1 aromatic heterocycles. The maximum absolute atomic E-state index is 13.7. The minimum Gasteiger partial charge on any atom is -0.326 e. The number of rotatable bonds is 5. The second kappa shape index (κ2) is 6.25. The Morgan fingerprint density at radius 2 is 1.95 bits per heavy atom. The summed E-state index contributed by atoms with van der Waals surface area (Å²) in [4.78, 5) is 3.15. The molecule has 5 nitrogen and oxygen atoms in total. The van der Waals surface area contributed by atoms with Crippen molar-refractivity contribution >= 4 is 10.0 Å². The molecule has 2 rings (SSSR count). The fourth-order valence-corrected chi connectivity index (χ4v) is 2.64. The van der Waals surface area contributed by atoms with Crippen LogP contribution in [-0.2, 0) is 23.1 Å². The molecule has 0 amide bonds. The third-order valence-electron chi connectivity index (χ3n) is 2.80. The van der Waals surface area contributed by atoms with Crippen molar-refractivity contribution in [3.63, 3.8) is 0 Å². The first-order valence-corrected chi connectivity index (χ1v) is 7.48. The van der Waals surface area contributed by atoms with Crippen molar-refractivity contribution in [1.29, 1.82) is 0 Å². The van der Waals surface area contributed by atoms with Crippen LogP contribution in [0.25, 0.3) is 0 Å². The summed E-state index contributed by atoms with van der Waals surface area (Å²) >= 11 is 0. The first-order chi connectivity index (χ1) is 9.92. The number of nitrogens with zero attached hydrogens (tertiary/aromatic N) is 1. The molecule has 0 saturated carbocycles. The van der Waals surface area contributed by atoms with Crippen LogP contribution in [0.4, 0.5) is 8.78 Å². The number of hydrogen-bond acceptors (Lipinski definition) is 4. The van der Waals surface area contributed by atoms with E-state index in [9.17, 15) is 17.2 Å². The van der Waals surface area contributed by atoms with Crippen molar-refractivity contribution in [2.75, 3.05) is 0 Å². The van der Waals surface area contributed by atoms with Gasteiger partial charge in [-0.15, -0.1) is 0 Å².